The van der Waals surface area contributed by atoms with Crippen LogP contribution in [-0.4, -0.2) is 13.0 Å². The van der Waals surface area contributed by atoms with Crippen LogP contribution in [0.15, 0.2) is 27.7 Å². The van der Waals surface area contributed by atoms with E-state index in [4.69, 9.17) is 4.42 Å². The molecule has 1 N–H and O–H groups in total. The number of carbonyl (C=O) groups is 1. The fourth-order valence-corrected chi connectivity index (χ4v) is 1.69. The molecule has 0 aliphatic carbocycles. The van der Waals surface area contributed by atoms with E-state index in [1.165, 1.54) is 6.07 Å². The Morgan fingerprint density at radius 2 is 2.19 bits per heavy atom. The minimum atomic E-state index is -0.454. The first-order chi connectivity index (χ1) is 7.54. The monoisotopic (exact) mass is 220 g/mol. The Morgan fingerprint density at radius 3 is 2.81 bits per heavy atom. The van der Waals surface area contributed by atoms with Gasteiger partial charge in [-0.25, -0.2) is 4.79 Å². The van der Waals surface area contributed by atoms with Crippen molar-refractivity contribution in [3.05, 3.63) is 40.0 Å². The van der Waals surface area contributed by atoms with Crippen molar-refractivity contribution in [1.29, 1.82) is 0 Å². The maximum atomic E-state index is 11.8. The maximum Gasteiger partial charge on any atom is 0.337 e. The normalized spacial score (nSPS) is 14.8. The molecule has 0 atom stereocenters. The molecule has 0 radical (unpaired) electrons. The van der Waals surface area contributed by atoms with Gasteiger partial charge in [-0.2, -0.15) is 0 Å². The van der Waals surface area contributed by atoms with Crippen LogP contribution in [0.3, 0.4) is 0 Å². The summed E-state index contributed by atoms with van der Waals surface area (Å²) in [5, 5.41) is 2.61. The van der Waals surface area contributed by atoms with Crippen LogP contribution in [0.4, 0.5) is 5.88 Å². The summed E-state index contributed by atoms with van der Waals surface area (Å²) in [5.74, 6) is 0.380. The van der Waals surface area contributed by atoms with Gasteiger partial charge in [0, 0.05) is 13.1 Å². The number of hydrogen-bond acceptors (Lipinski definition) is 4. The number of rotatable bonds is 1. The Balaban J connectivity index is 2.75. The van der Waals surface area contributed by atoms with Crippen molar-refractivity contribution in [2.45, 2.75) is 13.3 Å². The molecule has 1 aromatic rings. The van der Waals surface area contributed by atoms with Crippen LogP contribution in [0, 0.1) is 0 Å². The molecule has 1 aliphatic rings. The predicted molar refractivity (Wildman–Crippen MR) is 59.4 cm³/mol. The molecule has 5 nitrogen and oxygen atoms in total. The van der Waals surface area contributed by atoms with E-state index in [0.29, 0.717) is 23.4 Å². The third-order valence-corrected chi connectivity index (χ3v) is 2.60. The van der Waals surface area contributed by atoms with Gasteiger partial charge in [-0.1, -0.05) is 13.5 Å². The molecule has 1 aromatic heterocycles. The standard InChI is InChI=1S/C11H12N2O3/c1-4-7-5-8(14)16-11-9(7)10(15)12-6(2)13(11)3/h5H,2,4H2,1,3H3,(H,12,15). The summed E-state index contributed by atoms with van der Waals surface area (Å²) in [5.41, 5.74) is 0.644. The van der Waals surface area contributed by atoms with E-state index in [1.807, 2.05) is 6.92 Å². The lowest BCUT2D eigenvalue weighted by Crippen LogP contribution is -2.39. The third kappa shape index (κ3) is 1.41. The Kier molecular flexibility index (Phi) is 2.30. The summed E-state index contributed by atoms with van der Waals surface area (Å²) in [6.45, 7) is 5.54. The Labute approximate surface area is 92.4 Å². The van der Waals surface area contributed by atoms with Gasteiger partial charge in [0.25, 0.3) is 5.91 Å². The molecule has 16 heavy (non-hydrogen) atoms. The summed E-state index contributed by atoms with van der Waals surface area (Å²) < 4.78 is 5.04. The lowest BCUT2D eigenvalue weighted by molar-refractivity contribution is 0.0957. The van der Waals surface area contributed by atoms with Gasteiger partial charge in [0.2, 0.25) is 5.88 Å². The van der Waals surface area contributed by atoms with Crippen molar-refractivity contribution in [1.82, 2.24) is 5.32 Å². The van der Waals surface area contributed by atoms with Crippen LogP contribution in [0.2, 0.25) is 0 Å². The van der Waals surface area contributed by atoms with Gasteiger partial charge in [-0.05, 0) is 12.0 Å². The van der Waals surface area contributed by atoms with Crippen molar-refractivity contribution in [2.75, 3.05) is 11.9 Å². The first-order valence-electron chi connectivity index (χ1n) is 4.95. The Morgan fingerprint density at radius 1 is 1.50 bits per heavy atom. The molecule has 2 rings (SSSR count). The Hall–Kier alpha value is -2.04. The molecule has 2 heterocycles. The second-order valence-electron chi connectivity index (χ2n) is 3.58. The number of fused-ring (bicyclic) bond motifs is 1. The third-order valence-electron chi connectivity index (χ3n) is 2.60. The van der Waals surface area contributed by atoms with Crippen LogP contribution in [0.1, 0.15) is 22.8 Å². The summed E-state index contributed by atoms with van der Waals surface area (Å²) in [4.78, 5) is 24.7. The zero-order chi connectivity index (χ0) is 11.9. The number of hydrogen-bond donors (Lipinski definition) is 1. The molecule has 0 saturated carbocycles. The number of nitrogens with zero attached hydrogens (tertiary/aromatic N) is 1. The smallest absolute Gasteiger partial charge is 0.337 e. The molecule has 1 aliphatic heterocycles. The first-order valence-corrected chi connectivity index (χ1v) is 4.95. The largest absolute Gasteiger partial charge is 0.405 e. The molecule has 0 aromatic carbocycles. The molecule has 0 saturated heterocycles. The number of aryl methyl sites for hydroxylation is 1. The molecule has 0 fully saturated rings. The molecular weight excluding hydrogens is 208 g/mol. The van der Waals surface area contributed by atoms with Gasteiger partial charge in [0.15, 0.2) is 0 Å². The highest BCUT2D eigenvalue weighted by molar-refractivity contribution is 6.03. The molecule has 5 heteroatoms. The van der Waals surface area contributed by atoms with Gasteiger partial charge in [-0.3, -0.25) is 4.79 Å². The number of nitrogens with one attached hydrogen (secondary N) is 1. The van der Waals surface area contributed by atoms with Crippen molar-refractivity contribution in [3.8, 4) is 0 Å². The van der Waals surface area contributed by atoms with Crippen LogP contribution in [-0.2, 0) is 6.42 Å². The highest BCUT2D eigenvalue weighted by atomic mass is 16.4. The molecule has 84 valence electrons. The van der Waals surface area contributed by atoms with Crippen molar-refractivity contribution in [3.63, 3.8) is 0 Å². The first kappa shape index (κ1) is 10.5. The number of amides is 1. The van der Waals surface area contributed by atoms with E-state index in [9.17, 15) is 9.59 Å². The van der Waals surface area contributed by atoms with Crippen molar-refractivity contribution < 1.29 is 9.21 Å². The van der Waals surface area contributed by atoms with Crippen LogP contribution >= 0.6 is 0 Å². The SMILES string of the molecule is C=C1NC(=O)c2c(CC)cc(=O)oc2N1C. The highest BCUT2D eigenvalue weighted by Crippen LogP contribution is 2.27. The maximum absolute atomic E-state index is 11.8. The van der Waals surface area contributed by atoms with E-state index >= 15 is 0 Å². The van der Waals surface area contributed by atoms with E-state index < -0.39 is 5.63 Å². The van der Waals surface area contributed by atoms with E-state index in [-0.39, 0.29) is 11.8 Å². The average Bonchev–Trinajstić information content (AvgIpc) is 2.24. The summed E-state index contributed by atoms with van der Waals surface area (Å²) >= 11 is 0. The minimum Gasteiger partial charge on any atom is -0.405 e. The van der Waals surface area contributed by atoms with E-state index in [1.54, 1.807) is 11.9 Å². The molecule has 0 spiro atoms. The summed E-state index contributed by atoms with van der Waals surface area (Å²) in [6, 6.07) is 1.35. The van der Waals surface area contributed by atoms with Crippen molar-refractivity contribution in [2.24, 2.45) is 0 Å². The quantitative estimate of drug-likeness (QED) is 0.762. The summed E-state index contributed by atoms with van der Waals surface area (Å²) in [7, 11) is 1.68. The lowest BCUT2D eigenvalue weighted by atomic mass is 10.1. The van der Waals surface area contributed by atoms with Gasteiger partial charge >= 0.3 is 5.63 Å². The Bertz CT molecular complexity index is 531. The molecule has 1 amide bonds. The zero-order valence-electron chi connectivity index (χ0n) is 9.16. The van der Waals surface area contributed by atoms with Crippen LogP contribution < -0.4 is 15.8 Å². The van der Waals surface area contributed by atoms with Gasteiger partial charge in [-0.15, -0.1) is 0 Å². The second-order valence-corrected chi connectivity index (χ2v) is 3.58. The number of anilines is 1. The average molecular weight is 220 g/mol. The minimum absolute atomic E-state index is 0.262. The second kappa shape index (κ2) is 3.52. The summed E-state index contributed by atoms with van der Waals surface area (Å²) in [6.07, 6.45) is 0.599. The van der Waals surface area contributed by atoms with E-state index in [2.05, 4.69) is 11.9 Å². The fourth-order valence-electron chi connectivity index (χ4n) is 1.69. The van der Waals surface area contributed by atoms with Crippen molar-refractivity contribution >= 4 is 11.8 Å². The lowest BCUT2D eigenvalue weighted by Gasteiger charge is -2.28. The van der Waals surface area contributed by atoms with Gasteiger partial charge < -0.3 is 14.6 Å². The molecule has 0 unspecified atom stereocenters. The topological polar surface area (TPSA) is 62.6 Å². The van der Waals surface area contributed by atoms with Gasteiger partial charge in [0.05, 0.1) is 0 Å². The fraction of sp³-hybridized carbons (Fsp3) is 0.273. The van der Waals surface area contributed by atoms with Crippen LogP contribution in [0.5, 0.6) is 0 Å². The number of carbonyl (C=O) groups excluding carboxylic acids is 1. The van der Waals surface area contributed by atoms with E-state index in [0.717, 1.165) is 0 Å². The van der Waals surface area contributed by atoms with Crippen LogP contribution in [0.25, 0.3) is 0 Å². The highest BCUT2D eigenvalue weighted by Gasteiger charge is 2.28. The zero-order valence-corrected chi connectivity index (χ0v) is 9.16. The van der Waals surface area contributed by atoms with Gasteiger partial charge in [0.1, 0.15) is 11.4 Å². The predicted octanol–water partition coefficient (Wildman–Crippen LogP) is 0.853. The molecular formula is C11H12N2O3. The molecule has 0 bridgehead atoms.